The van der Waals surface area contributed by atoms with Crippen molar-refractivity contribution in [2.24, 2.45) is 23.0 Å². The molecule has 148 valence electrons. The van der Waals surface area contributed by atoms with Gasteiger partial charge in [0, 0.05) is 30.2 Å². The van der Waals surface area contributed by atoms with Crippen molar-refractivity contribution in [1.29, 1.82) is 0 Å². The summed E-state index contributed by atoms with van der Waals surface area (Å²) in [6, 6.07) is 2.17. The lowest BCUT2D eigenvalue weighted by Gasteiger charge is -2.43. The molecule has 0 bridgehead atoms. The van der Waals surface area contributed by atoms with Crippen LogP contribution >= 0.6 is 23.4 Å². The summed E-state index contributed by atoms with van der Waals surface area (Å²) >= 11 is 7.56. The molecule has 5 rings (SSSR count). The predicted molar refractivity (Wildman–Crippen MR) is 112 cm³/mol. The molecule has 3 aliphatic rings. The monoisotopic (exact) mass is 417 g/mol. The van der Waals surface area contributed by atoms with Crippen LogP contribution in [0.1, 0.15) is 25.7 Å². The summed E-state index contributed by atoms with van der Waals surface area (Å²) in [7, 11) is 0. The minimum absolute atomic E-state index is 0.292. The van der Waals surface area contributed by atoms with Crippen molar-refractivity contribution in [3.05, 3.63) is 23.5 Å². The number of nitrogens with two attached hydrogens (primary N) is 3. The average Bonchev–Trinajstić information content (AvgIpc) is 3.40. The number of fused-ring (bicyclic) bond motifs is 1. The normalized spacial score (nSPS) is 27.8. The Kier molecular flexibility index (Phi) is 4.33. The van der Waals surface area contributed by atoms with Gasteiger partial charge in [0.05, 0.1) is 11.2 Å². The second kappa shape index (κ2) is 6.64. The molecule has 2 aromatic heterocycles. The first-order chi connectivity index (χ1) is 13.5. The molecule has 2 saturated carbocycles. The van der Waals surface area contributed by atoms with Gasteiger partial charge >= 0.3 is 0 Å². The molecule has 6 N–H and O–H groups in total. The van der Waals surface area contributed by atoms with Crippen LogP contribution in [0.25, 0.3) is 0 Å². The standard InChI is InChI=1S/C19H24ClN7S/c20-14-12(1-4-24-16(14)22)28-18-17(23)26-13(9-25-18)27-5-2-19(3-6-27)8-10-7-11(10)15(19)21/h1,4,9-11,15H,2-3,5-8,21H2,(H2,22,24)(H2,23,26)/t10?,11?,15-/m1/s1. The summed E-state index contributed by atoms with van der Waals surface area (Å²) in [4.78, 5) is 16.1. The number of hydrogen-bond donors (Lipinski definition) is 3. The van der Waals surface area contributed by atoms with Crippen LogP contribution in [0, 0.1) is 17.3 Å². The third kappa shape index (κ3) is 2.98. The van der Waals surface area contributed by atoms with Gasteiger partial charge in [-0.3, -0.25) is 0 Å². The topological polar surface area (TPSA) is 120 Å². The maximum Gasteiger partial charge on any atom is 0.158 e. The van der Waals surface area contributed by atoms with Gasteiger partial charge in [0.2, 0.25) is 0 Å². The van der Waals surface area contributed by atoms with Crippen LogP contribution in [0.2, 0.25) is 5.02 Å². The van der Waals surface area contributed by atoms with E-state index in [1.165, 1.54) is 24.6 Å². The highest BCUT2D eigenvalue weighted by atomic mass is 35.5. The van der Waals surface area contributed by atoms with Crippen molar-refractivity contribution >= 4 is 40.8 Å². The summed E-state index contributed by atoms with van der Waals surface area (Å²) in [6.45, 7) is 1.92. The number of aromatic nitrogens is 3. The van der Waals surface area contributed by atoms with Crippen LogP contribution in [-0.2, 0) is 0 Å². The summed E-state index contributed by atoms with van der Waals surface area (Å²) in [5, 5.41) is 1.02. The van der Waals surface area contributed by atoms with Gasteiger partial charge in [-0.2, -0.15) is 0 Å². The largest absolute Gasteiger partial charge is 0.382 e. The minimum atomic E-state index is 0.292. The van der Waals surface area contributed by atoms with Gasteiger partial charge < -0.3 is 22.1 Å². The van der Waals surface area contributed by atoms with E-state index in [1.807, 2.05) is 0 Å². The Labute approximate surface area is 173 Å². The highest BCUT2D eigenvalue weighted by Gasteiger charge is 2.59. The summed E-state index contributed by atoms with van der Waals surface area (Å²) < 4.78 is 0. The van der Waals surface area contributed by atoms with E-state index in [4.69, 9.17) is 28.8 Å². The molecule has 9 heteroatoms. The zero-order valence-corrected chi connectivity index (χ0v) is 17.1. The average molecular weight is 418 g/mol. The van der Waals surface area contributed by atoms with E-state index in [0.717, 1.165) is 48.5 Å². The fourth-order valence-electron chi connectivity index (χ4n) is 5.01. The van der Waals surface area contributed by atoms with Crippen molar-refractivity contribution in [2.45, 2.75) is 41.6 Å². The first-order valence-electron chi connectivity index (χ1n) is 9.68. The van der Waals surface area contributed by atoms with Gasteiger partial charge in [-0.1, -0.05) is 23.4 Å². The molecule has 7 nitrogen and oxygen atoms in total. The van der Waals surface area contributed by atoms with Crippen molar-refractivity contribution in [3.63, 3.8) is 0 Å². The Hall–Kier alpha value is -1.77. The van der Waals surface area contributed by atoms with Crippen LogP contribution in [0.4, 0.5) is 17.5 Å². The van der Waals surface area contributed by atoms with Crippen molar-refractivity contribution in [3.8, 4) is 0 Å². The fraction of sp³-hybridized carbons (Fsp3) is 0.526. The van der Waals surface area contributed by atoms with Crippen LogP contribution in [0.15, 0.2) is 28.4 Å². The van der Waals surface area contributed by atoms with Crippen LogP contribution in [0.5, 0.6) is 0 Å². The van der Waals surface area contributed by atoms with Gasteiger partial charge in [0.1, 0.15) is 16.7 Å². The number of pyridine rings is 1. The first-order valence-corrected chi connectivity index (χ1v) is 10.9. The number of anilines is 3. The summed E-state index contributed by atoms with van der Waals surface area (Å²) in [5.41, 5.74) is 18.9. The van der Waals surface area contributed by atoms with Gasteiger partial charge in [-0.25, -0.2) is 15.0 Å². The Morgan fingerprint density at radius 2 is 1.96 bits per heavy atom. The molecular weight excluding hydrogens is 394 g/mol. The number of nitrogens with zero attached hydrogens (tertiary/aromatic N) is 4. The van der Waals surface area contributed by atoms with E-state index in [9.17, 15) is 0 Å². The molecule has 1 spiro atoms. The highest BCUT2D eigenvalue weighted by molar-refractivity contribution is 7.99. The van der Waals surface area contributed by atoms with Crippen molar-refractivity contribution in [1.82, 2.24) is 15.0 Å². The van der Waals surface area contributed by atoms with Gasteiger partial charge in [-0.05, 0) is 49.0 Å². The van der Waals surface area contributed by atoms with E-state index in [2.05, 4.69) is 19.9 Å². The van der Waals surface area contributed by atoms with E-state index in [0.29, 0.717) is 33.1 Å². The van der Waals surface area contributed by atoms with E-state index < -0.39 is 0 Å². The lowest BCUT2D eigenvalue weighted by Crippen LogP contribution is -2.48. The lowest BCUT2D eigenvalue weighted by molar-refractivity contribution is 0.172. The van der Waals surface area contributed by atoms with E-state index in [-0.39, 0.29) is 0 Å². The maximum atomic E-state index is 6.56. The highest BCUT2D eigenvalue weighted by Crippen LogP contribution is 2.62. The molecule has 0 amide bonds. The molecule has 0 aromatic carbocycles. The Bertz CT molecular complexity index is 915. The molecule has 3 heterocycles. The van der Waals surface area contributed by atoms with Crippen molar-refractivity contribution in [2.75, 3.05) is 29.5 Å². The van der Waals surface area contributed by atoms with Crippen molar-refractivity contribution < 1.29 is 0 Å². The third-order valence-corrected chi connectivity index (χ3v) is 8.31. The molecule has 1 saturated heterocycles. The smallest absolute Gasteiger partial charge is 0.158 e. The molecule has 3 fully saturated rings. The van der Waals surface area contributed by atoms with Crippen LogP contribution < -0.4 is 22.1 Å². The predicted octanol–water partition coefficient (Wildman–Crippen LogP) is 2.79. The first kappa shape index (κ1) is 18.3. The van der Waals surface area contributed by atoms with Gasteiger partial charge in [0.25, 0.3) is 0 Å². The Balaban J connectivity index is 1.28. The number of halogens is 1. The molecule has 2 unspecified atom stereocenters. The van der Waals surface area contributed by atoms with Gasteiger partial charge in [0.15, 0.2) is 5.82 Å². The maximum absolute atomic E-state index is 6.56. The quantitative estimate of drug-likeness (QED) is 0.697. The number of rotatable bonds is 3. The molecule has 1 aliphatic heterocycles. The molecule has 2 aliphatic carbocycles. The second-order valence-corrected chi connectivity index (χ2v) is 9.68. The fourth-order valence-corrected chi connectivity index (χ4v) is 6.03. The second-order valence-electron chi connectivity index (χ2n) is 8.27. The number of nitrogen functional groups attached to an aromatic ring is 2. The zero-order valence-electron chi connectivity index (χ0n) is 15.5. The molecule has 2 aromatic rings. The van der Waals surface area contributed by atoms with E-state index >= 15 is 0 Å². The molecule has 3 atom stereocenters. The minimum Gasteiger partial charge on any atom is -0.382 e. The van der Waals surface area contributed by atoms with Crippen LogP contribution in [-0.4, -0.2) is 34.1 Å². The SMILES string of the molecule is Nc1nc(N2CCC3(CC2)CC2CC2[C@H]3N)cnc1Sc1ccnc(N)c1Cl. The molecular formula is C19H24ClN7S. The number of piperidine rings is 1. The Morgan fingerprint density at radius 1 is 1.18 bits per heavy atom. The Morgan fingerprint density at radius 3 is 2.64 bits per heavy atom. The van der Waals surface area contributed by atoms with Gasteiger partial charge in [-0.15, -0.1) is 0 Å². The molecule has 28 heavy (non-hydrogen) atoms. The molecule has 0 radical (unpaired) electrons. The van der Waals surface area contributed by atoms with E-state index in [1.54, 1.807) is 18.5 Å². The van der Waals surface area contributed by atoms with Crippen LogP contribution in [0.3, 0.4) is 0 Å². The zero-order chi connectivity index (χ0) is 19.5. The summed E-state index contributed by atoms with van der Waals surface area (Å²) in [6.07, 6.45) is 8.33. The number of hydrogen-bond acceptors (Lipinski definition) is 8. The third-order valence-electron chi connectivity index (χ3n) is 6.74. The summed E-state index contributed by atoms with van der Waals surface area (Å²) in [5.74, 6) is 3.19. The lowest BCUT2D eigenvalue weighted by atomic mass is 9.72.